The number of amides is 1. The van der Waals surface area contributed by atoms with Gasteiger partial charge < -0.3 is 19.5 Å². The molecule has 0 aliphatic carbocycles. The number of alkyl carbamates (subject to hydrolysis) is 1. The van der Waals surface area contributed by atoms with Crippen LogP contribution in [0.25, 0.3) is 0 Å². The zero-order valence-corrected chi connectivity index (χ0v) is 13.0. The summed E-state index contributed by atoms with van der Waals surface area (Å²) >= 11 is 3.41. The smallest absolute Gasteiger partial charge is 0.407 e. The van der Waals surface area contributed by atoms with Crippen LogP contribution in [0.1, 0.15) is 18.0 Å². The second-order valence-corrected chi connectivity index (χ2v) is 4.65. The molecule has 1 aromatic carbocycles. The van der Waals surface area contributed by atoms with E-state index in [1.165, 1.54) is 0 Å². The Morgan fingerprint density at radius 3 is 2.37 bits per heavy atom. The first-order valence-corrected chi connectivity index (χ1v) is 6.29. The molecule has 1 atom stereocenters. The van der Waals surface area contributed by atoms with E-state index in [0.29, 0.717) is 18.1 Å². The molecule has 0 unspecified atom stereocenters. The highest BCUT2D eigenvalue weighted by Gasteiger charge is 2.23. The van der Waals surface area contributed by atoms with Crippen molar-refractivity contribution < 1.29 is 19.0 Å². The molecule has 1 aliphatic heterocycles. The third kappa shape index (κ3) is 3.45. The van der Waals surface area contributed by atoms with Gasteiger partial charge in [0.25, 0.3) is 0 Å². The van der Waals surface area contributed by atoms with Gasteiger partial charge in [0.2, 0.25) is 0 Å². The van der Waals surface area contributed by atoms with E-state index in [2.05, 4.69) is 21.2 Å². The summed E-state index contributed by atoms with van der Waals surface area (Å²) in [5, 5.41) is 2.77. The van der Waals surface area contributed by atoms with Gasteiger partial charge in [-0.15, -0.1) is 12.4 Å². The third-order valence-corrected chi connectivity index (χ3v) is 3.58. The first kappa shape index (κ1) is 15.9. The van der Waals surface area contributed by atoms with Gasteiger partial charge in [0.15, 0.2) is 0 Å². The molecule has 1 amide bonds. The summed E-state index contributed by atoms with van der Waals surface area (Å²) in [6.45, 7) is 0.414. The lowest BCUT2D eigenvalue weighted by molar-refractivity contribution is 0.115. The SMILES string of the molecule is COc1cc([C@@H]2CCOC(=O)N2)cc(OC)c1Br.Cl. The van der Waals surface area contributed by atoms with Gasteiger partial charge >= 0.3 is 6.09 Å². The van der Waals surface area contributed by atoms with E-state index in [4.69, 9.17) is 14.2 Å². The van der Waals surface area contributed by atoms with Crippen LogP contribution in [-0.4, -0.2) is 26.9 Å². The standard InChI is InChI=1S/C12H14BrNO4.ClH/c1-16-9-5-7(6-10(17-2)11(9)13)8-3-4-18-12(15)14-8;/h5-6,8H,3-4H2,1-2H3,(H,14,15);1H/t8-;/m0./s1. The van der Waals surface area contributed by atoms with E-state index in [1.54, 1.807) is 14.2 Å². The van der Waals surface area contributed by atoms with Crippen LogP contribution in [0.5, 0.6) is 11.5 Å². The maximum Gasteiger partial charge on any atom is 0.407 e. The highest BCUT2D eigenvalue weighted by Crippen LogP contribution is 2.38. The largest absolute Gasteiger partial charge is 0.495 e. The lowest BCUT2D eigenvalue weighted by atomic mass is 10.0. The number of hydrogen-bond donors (Lipinski definition) is 1. The Balaban J connectivity index is 0.00000180. The monoisotopic (exact) mass is 351 g/mol. The van der Waals surface area contributed by atoms with Crippen molar-refractivity contribution in [3.63, 3.8) is 0 Å². The van der Waals surface area contributed by atoms with E-state index < -0.39 is 6.09 Å². The van der Waals surface area contributed by atoms with Crippen LogP contribution in [-0.2, 0) is 4.74 Å². The first-order chi connectivity index (χ1) is 8.65. The normalized spacial score (nSPS) is 17.8. The summed E-state index contributed by atoms with van der Waals surface area (Å²) in [6.07, 6.45) is 0.326. The minimum absolute atomic E-state index is 0. The molecule has 5 nitrogen and oxygen atoms in total. The van der Waals surface area contributed by atoms with E-state index >= 15 is 0 Å². The van der Waals surface area contributed by atoms with E-state index in [1.807, 2.05) is 12.1 Å². The Hall–Kier alpha value is -1.14. The van der Waals surface area contributed by atoms with Crippen molar-refractivity contribution in [2.75, 3.05) is 20.8 Å². The molecular formula is C12H15BrClNO4. The van der Waals surface area contributed by atoms with Gasteiger partial charge in [-0.1, -0.05) is 0 Å². The van der Waals surface area contributed by atoms with E-state index in [-0.39, 0.29) is 18.4 Å². The van der Waals surface area contributed by atoms with Crippen LogP contribution in [0.2, 0.25) is 0 Å². The Bertz CT molecular complexity index is 444. The molecule has 2 rings (SSSR count). The Morgan fingerprint density at radius 2 is 1.89 bits per heavy atom. The van der Waals surface area contributed by atoms with Gasteiger partial charge in [0, 0.05) is 6.42 Å². The lowest BCUT2D eigenvalue weighted by Gasteiger charge is -2.24. The number of rotatable bonds is 3. The van der Waals surface area contributed by atoms with Crippen molar-refractivity contribution >= 4 is 34.4 Å². The van der Waals surface area contributed by atoms with Crippen molar-refractivity contribution in [3.8, 4) is 11.5 Å². The summed E-state index contributed by atoms with van der Waals surface area (Å²) in [6, 6.07) is 3.67. The number of benzene rings is 1. The fraction of sp³-hybridized carbons (Fsp3) is 0.417. The average molecular weight is 353 g/mol. The number of carbonyl (C=O) groups excluding carboxylic acids is 1. The molecule has 1 heterocycles. The Morgan fingerprint density at radius 1 is 1.32 bits per heavy atom. The average Bonchev–Trinajstić information content (AvgIpc) is 2.39. The Kier molecular flexibility index (Phi) is 5.75. The molecule has 0 aromatic heterocycles. The summed E-state index contributed by atoms with van der Waals surface area (Å²) in [5.41, 5.74) is 0.934. The zero-order chi connectivity index (χ0) is 13.1. The molecule has 1 N–H and O–H groups in total. The first-order valence-electron chi connectivity index (χ1n) is 5.50. The van der Waals surface area contributed by atoms with E-state index in [0.717, 1.165) is 16.5 Å². The Labute approximate surface area is 126 Å². The molecule has 106 valence electrons. The van der Waals surface area contributed by atoms with Crippen LogP contribution in [0.15, 0.2) is 16.6 Å². The second kappa shape index (κ2) is 6.86. The minimum Gasteiger partial charge on any atom is -0.495 e. The number of carbonyl (C=O) groups is 1. The fourth-order valence-electron chi connectivity index (χ4n) is 1.87. The molecule has 1 fully saturated rings. The number of nitrogens with one attached hydrogen (secondary N) is 1. The highest BCUT2D eigenvalue weighted by atomic mass is 79.9. The van der Waals surface area contributed by atoms with Crippen LogP contribution in [0.3, 0.4) is 0 Å². The molecule has 19 heavy (non-hydrogen) atoms. The summed E-state index contributed by atoms with van der Waals surface area (Å²) in [7, 11) is 3.18. The number of halogens is 2. The van der Waals surface area contributed by atoms with Crippen molar-refractivity contribution in [3.05, 3.63) is 22.2 Å². The number of hydrogen-bond acceptors (Lipinski definition) is 4. The molecule has 0 spiro atoms. The second-order valence-electron chi connectivity index (χ2n) is 3.86. The van der Waals surface area contributed by atoms with Gasteiger partial charge in [-0.05, 0) is 33.6 Å². The topological polar surface area (TPSA) is 56.8 Å². The van der Waals surface area contributed by atoms with Crippen LogP contribution in [0.4, 0.5) is 4.79 Å². The summed E-state index contributed by atoms with van der Waals surface area (Å²) in [4.78, 5) is 11.2. The lowest BCUT2D eigenvalue weighted by Crippen LogP contribution is -2.35. The third-order valence-electron chi connectivity index (χ3n) is 2.80. The molecule has 0 radical (unpaired) electrons. The molecule has 7 heteroatoms. The van der Waals surface area contributed by atoms with Crippen LogP contribution >= 0.6 is 28.3 Å². The summed E-state index contributed by atoms with van der Waals surface area (Å²) in [5.74, 6) is 1.34. The maximum atomic E-state index is 11.2. The van der Waals surface area contributed by atoms with Gasteiger partial charge in [-0.3, -0.25) is 0 Å². The van der Waals surface area contributed by atoms with Gasteiger partial charge in [0.05, 0.1) is 26.9 Å². The van der Waals surface area contributed by atoms with Crippen molar-refractivity contribution in [2.24, 2.45) is 0 Å². The molecule has 1 aliphatic rings. The summed E-state index contributed by atoms with van der Waals surface area (Å²) < 4.78 is 16.2. The van der Waals surface area contributed by atoms with Crippen LogP contribution in [0, 0.1) is 0 Å². The minimum atomic E-state index is -0.396. The maximum absolute atomic E-state index is 11.2. The molecule has 1 saturated heterocycles. The van der Waals surface area contributed by atoms with Crippen molar-refractivity contribution in [2.45, 2.75) is 12.5 Å². The van der Waals surface area contributed by atoms with Crippen molar-refractivity contribution in [1.82, 2.24) is 5.32 Å². The predicted octanol–water partition coefficient (Wildman–Crippen LogP) is 3.06. The van der Waals surface area contributed by atoms with Crippen LogP contribution < -0.4 is 14.8 Å². The molecule has 0 saturated carbocycles. The van der Waals surface area contributed by atoms with Gasteiger partial charge in [-0.25, -0.2) is 4.79 Å². The number of ether oxygens (including phenoxy) is 3. The predicted molar refractivity (Wildman–Crippen MR) is 76.3 cm³/mol. The quantitative estimate of drug-likeness (QED) is 0.908. The van der Waals surface area contributed by atoms with E-state index in [9.17, 15) is 4.79 Å². The highest BCUT2D eigenvalue weighted by molar-refractivity contribution is 9.10. The van der Waals surface area contributed by atoms with Gasteiger partial charge in [0.1, 0.15) is 16.0 Å². The van der Waals surface area contributed by atoms with Gasteiger partial charge in [-0.2, -0.15) is 0 Å². The fourth-order valence-corrected chi connectivity index (χ4v) is 2.42. The zero-order valence-electron chi connectivity index (χ0n) is 10.6. The number of cyclic esters (lactones) is 1. The molecule has 0 bridgehead atoms. The molecule has 1 aromatic rings. The van der Waals surface area contributed by atoms with Crippen molar-refractivity contribution in [1.29, 1.82) is 0 Å². The molecular weight excluding hydrogens is 337 g/mol. The number of methoxy groups -OCH3 is 2.